The molecule has 1 aliphatic carbocycles. The number of rotatable bonds is 6. The van der Waals surface area contributed by atoms with Gasteiger partial charge in [-0.15, -0.1) is 0 Å². The number of hydrogen-bond acceptors (Lipinski definition) is 2. The standard InChI is InChI=1S/C26H33N3O2/c1-19(2)21-12-10-20(11-13-21)17-29(24-14-15-24)25(30)22-7-6-16-28(18-22)26(31)27-23-8-4-3-5-9-23/h3-5,8-13,19,22,24H,6-7,14-18H2,1-2H3,(H,27,31)/t22-/m1/s1. The van der Waals surface area contributed by atoms with Gasteiger partial charge in [0.15, 0.2) is 0 Å². The molecule has 4 rings (SSSR count). The smallest absolute Gasteiger partial charge is 0.321 e. The molecule has 2 aliphatic rings. The van der Waals surface area contributed by atoms with Crippen LogP contribution in [0, 0.1) is 5.92 Å². The lowest BCUT2D eigenvalue weighted by Gasteiger charge is -2.35. The molecule has 1 N–H and O–H groups in total. The number of urea groups is 1. The van der Waals surface area contributed by atoms with E-state index in [1.165, 1.54) is 11.1 Å². The lowest BCUT2D eigenvalue weighted by atomic mass is 9.96. The van der Waals surface area contributed by atoms with E-state index in [0.29, 0.717) is 31.6 Å². The average Bonchev–Trinajstić information content (AvgIpc) is 3.63. The van der Waals surface area contributed by atoms with Crippen LogP contribution < -0.4 is 5.32 Å². The predicted molar refractivity (Wildman–Crippen MR) is 124 cm³/mol. The zero-order valence-corrected chi connectivity index (χ0v) is 18.6. The summed E-state index contributed by atoms with van der Waals surface area (Å²) < 4.78 is 0. The number of piperidine rings is 1. The van der Waals surface area contributed by atoms with Gasteiger partial charge in [0, 0.05) is 31.4 Å². The minimum absolute atomic E-state index is 0.119. The first-order chi connectivity index (χ1) is 15.0. The van der Waals surface area contributed by atoms with Crippen LogP contribution in [0.5, 0.6) is 0 Å². The number of nitrogens with zero attached hydrogens (tertiary/aromatic N) is 2. The topological polar surface area (TPSA) is 52.7 Å². The summed E-state index contributed by atoms with van der Waals surface area (Å²) in [6.45, 7) is 6.24. The number of nitrogens with one attached hydrogen (secondary N) is 1. The number of carbonyl (C=O) groups excluding carboxylic acids is 2. The average molecular weight is 420 g/mol. The van der Waals surface area contributed by atoms with Crippen LogP contribution in [0.25, 0.3) is 0 Å². The molecule has 31 heavy (non-hydrogen) atoms. The minimum atomic E-state index is -0.120. The molecule has 2 aromatic carbocycles. The highest BCUT2D eigenvalue weighted by Crippen LogP contribution is 2.32. The van der Waals surface area contributed by atoms with E-state index in [1.54, 1.807) is 4.90 Å². The summed E-state index contributed by atoms with van der Waals surface area (Å²) in [6.07, 6.45) is 3.88. The van der Waals surface area contributed by atoms with Crippen molar-refractivity contribution in [2.45, 2.75) is 58.0 Å². The predicted octanol–water partition coefficient (Wildman–Crippen LogP) is 5.25. The lowest BCUT2D eigenvalue weighted by molar-refractivity contribution is -0.138. The number of hydrogen-bond donors (Lipinski definition) is 1. The molecule has 0 spiro atoms. The van der Waals surface area contributed by atoms with Crippen molar-refractivity contribution in [2.24, 2.45) is 5.92 Å². The van der Waals surface area contributed by atoms with Gasteiger partial charge >= 0.3 is 6.03 Å². The highest BCUT2D eigenvalue weighted by Gasteiger charge is 2.38. The van der Waals surface area contributed by atoms with Crippen LogP contribution in [0.4, 0.5) is 10.5 Å². The summed E-state index contributed by atoms with van der Waals surface area (Å²) in [5.41, 5.74) is 3.28. The molecule has 0 radical (unpaired) electrons. The normalized spacial score (nSPS) is 18.7. The van der Waals surface area contributed by atoms with Crippen molar-refractivity contribution in [3.63, 3.8) is 0 Å². The van der Waals surface area contributed by atoms with Gasteiger partial charge in [-0.25, -0.2) is 4.79 Å². The largest absolute Gasteiger partial charge is 0.335 e. The molecule has 0 unspecified atom stereocenters. The van der Waals surface area contributed by atoms with Gasteiger partial charge in [0.2, 0.25) is 5.91 Å². The van der Waals surface area contributed by atoms with Crippen molar-refractivity contribution in [1.82, 2.24) is 9.80 Å². The number of anilines is 1. The molecule has 2 aromatic rings. The second-order valence-electron chi connectivity index (χ2n) is 9.17. The molecular weight excluding hydrogens is 386 g/mol. The van der Waals surface area contributed by atoms with Crippen molar-refractivity contribution in [3.05, 3.63) is 65.7 Å². The fourth-order valence-corrected chi connectivity index (χ4v) is 4.30. The van der Waals surface area contributed by atoms with Crippen molar-refractivity contribution in [2.75, 3.05) is 18.4 Å². The van der Waals surface area contributed by atoms with Gasteiger partial charge in [-0.3, -0.25) is 4.79 Å². The van der Waals surface area contributed by atoms with Crippen LogP contribution in [0.3, 0.4) is 0 Å². The summed E-state index contributed by atoms with van der Waals surface area (Å²) in [4.78, 5) is 30.0. The highest BCUT2D eigenvalue weighted by atomic mass is 16.2. The second-order valence-corrected chi connectivity index (χ2v) is 9.17. The quantitative estimate of drug-likeness (QED) is 0.696. The summed E-state index contributed by atoms with van der Waals surface area (Å²) in [6, 6.07) is 18.4. The second kappa shape index (κ2) is 9.54. The molecule has 1 saturated carbocycles. The van der Waals surface area contributed by atoms with Crippen LogP contribution >= 0.6 is 0 Å². The molecule has 3 amide bonds. The summed E-state index contributed by atoms with van der Waals surface area (Å²) >= 11 is 0. The molecule has 2 fully saturated rings. The van der Waals surface area contributed by atoms with Gasteiger partial charge in [0.1, 0.15) is 0 Å². The van der Waals surface area contributed by atoms with Gasteiger partial charge in [0.05, 0.1) is 5.92 Å². The Balaban J connectivity index is 1.39. The van der Waals surface area contributed by atoms with Gasteiger partial charge in [-0.1, -0.05) is 56.3 Å². The Labute approximate surface area is 185 Å². The van der Waals surface area contributed by atoms with E-state index in [4.69, 9.17) is 0 Å². The maximum absolute atomic E-state index is 13.5. The Morgan fingerprint density at radius 2 is 1.74 bits per heavy atom. The van der Waals surface area contributed by atoms with Crippen molar-refractivity contribution < 1.29 is 9.59 Å². The Morgan fingerprint density at radius 3 is 2.39 bits per heavy atom. The number of likely N-dealkylation sites (tertiary alicyclic amines) is 1. The number of carbonyl (C=O) groups is 2. The molecule has 164 valence electrons. The van der Waals surface area contributed by atoms with Crippen LogP contribution in [0.2, 0.25) is 0 Å². The monoisotopic (exact) mass is 419 g/mol. The van der Waals surface area contributed by atoms with Crippen LogP contribution in [0.1, 0.15) is 56.6 Å². The molecule has 1 atom stereocenters. The van der Waals surface area contributed by atoms with Crippen LogP contribution in [0.15, 0.2) is 54.6 Å². The number of benzene rings is 2. The summed E-state index contributed by atoms with van der Waals surface area (Å²) in [7, 11) is 0. The first-order valence-electron chi connectivity index (χ1n) is 11.5. The number of amides is 3. The molecule has 0 bridgehead atoms. The van der Waals surface area contributed by atoms with Crippen LogP contribution in [-0.4, -0.2) is 40.9 Å². The maximum Gasteiger partial charge on any atom is 0.321 e. The molecule has 1 heterocycles. The molecule has 0 aromatic heterocycles. The maximum atomic E-state index is 13.5. The molecule has 5 heteroatoms. The van der Waals surface area contributed by atoms with Crippen molar-refractivity contribution in [3.8, 4) is 0 Å². The first kappa shape index (κ1) is 21.4. The fraction of sp³-hybridized carbons (Fsp3) is 0.462. The van der Waals surface area contributed by atoms with E-state index in [1.807, 2.05) is 30.3 Å². The van der Waals surface area contributed by atoms with Crippen molar-refractivity contribution in [1.29, 1.82) is 0 Å². The molecule has 5 nitrogen and oxygen atoms in total. The fourth-order valence-electron chi connectivity index (χ4n) is 4.30. The van der Waals surface area contributed by atoms with E-state index in [9.17, 15) is 9.59 Å². The van der Waals surface area contributed by atoms with E-state index in [2.05, 4.69) is 48.3 Å². The SMILES string of the molecule is CC(C)c1ccc(CN(C(=O)[C@@H]2CCCN(C(=O)Nc3ccccc3)C2)C2CC2)cc1. The Bertz CT molecular complexity index is 891. The first-order valence-corrected chi connectivity index (χ1v) is 11.5. The van der Waals surface area contributed by atoms with Crippen LogP contribution in [-0.2, 0) is 11.3 Å². The zero-order chi connectivity index (χ0) is 21.8. The molecule has 1 saturated heterocycles. The third-order valence-corrected chi connectivity index (χ3v) is 6.35. The Morgan fingerprint density at radius 1 is 1.03 bits per heavy atom. The van der Waals surface area contributed by atoms with Gasteiger partial charge in [-0.2, -0.15) is 0 Å². The van der Waals surface area contributed by atoms with Gasteiger partial charge in [-0.05, 0) is 54.9 Å². The Hall–Kier alpha value is -2.82. The summed E-state index contributed by atoms with van der Waals surface area (Å²) in [5, 5.41) is 2.95. The molecular formula is C26H33N3O2. The van der Waals surface area contributed by atoms with Gasteiger partial charge in [0.25, 0.3) is 0 Å². The number of para-hydroxylation sites is 1. The summed E-state index contributed by atoms with van der Waals surface area (Å²) in [5.74, 6) is 0.587. The van der Waals surface area contributed by atoms with Crippen molar-refractivity contribution >= 4 is 17.6 Å². The van der Waals surface area contributed by atoms with E-state index < -0.39 is 0 Å². The third kappa shape index (κ3) is 5.46. The van der Waals surface area contributed by atoms with E-state index >= 15 is 0 Å². The minimum Gasteiger partial charge on any atom is -0.335 e. The van der Waals surface area contributed by atoms with Gasteiger partial charge < -0.3 is 15.1 Å². The van der Waals surface area contributed by atoms with E-state index in [0.717, 1.165) is 31.4 Å². The highest BCUT2D eigenvalue weighted by molar-refractivity contribution is 5.90. The molecule has 1 aliphatic heterocycles. The zero-order valence-electron chi connectivity index (χ0n) is 18.6. The Kier molecular flexibility index (Phi) is 6.59. The third-order valence-electron chi connectivity index (χ3n) is 6.35. The van der Waals surface area contributed by atoms with E-state index in [-0.39, 0.29) is 17.9 Å². The lowest BCUT2D eigenvalue weighted by Crippen LogP contribution is -2.48.